The number of hydrogen-bond donors (Lipinski definition) is 1. The van der Waals surface area contributed by atoms with Crippen LogP contribution in [0.5, 0.6) is 5.75 Å². The molecule has 29 heavy (non-hydrogen) atoms. The quantitative estimate of drug-likeness (QED) is 0.216. The highest BCUT2D eigenvalue weighted by Crippen LogP contribution is 2.25. The van der Waals surface area contributed by atoms with Gasteiger partial charge in [0.2, 0.25) is 5.04 Å². The number of halogens is 1. The van der Waals surface area contributed by atoms with Crippen molar-refractivity contribution in [2.24, 2.45) is 12.1 Å². The molecule has 0 aliphatic rings. The Labute approximate surface area is 176 Å². The van der Waals surface area contributed by atoms with Crippen molar-refractivity contribution < 1.29 is 14.3 Å². The van der Waals surface area contributed by atoms with Crippen LogP contribution in [-0.2, 0) is 16.6 Å². The summed E-state index contributed by atoms with van der Waals surface area (Å²) in [4.78, 5) is 12.1. The van der Waals surface area contributed by atoms with Crippen molar-refractivity contribution in [3.05, 3.63) is 53.6 Å². The van der Waals surface area contributed by atoms with E-state index in [1.807, 2.05) is 31.3 Å². The van der Waals surface area contributed by atoms with Crippen molar-refractivity contribution >= 4 is 40.1 Å². The molecule has 0 saturated carbocycles. The van der Waals surface area contributed by atoms with Crippen molar-refractivity contribution in [2.75, 3.05) is 19.6 Å². The molecule has 0 fully saturated rings. The van der Waals surface area contributed by atoms with E-state index in [1.165, 1.54) is 7.11 Å². The molecule has 0 aliphatic carbocycles. The highest BCUT2D eigenvalue weighted by Gasteiger charge is 2.20. The Morgan fingerprint density at radius 3 is 2.41 bits per heavy atom. The molecule has 0 amide bonds. The van der Waals surface area contributed by atoms with Gasteiger partial charge in [0, 0.05) is 17.6 Å². The molecular formula is C19H18ClN5O3S. The number of hydrogen-bond acceptors (Lipinski definition) is 8. The lowest BCUT2D eigenvalue weighted by molar-refractivity contribution is -0.132. The third kappa shape index (κ3) is 5.07. The molecule has 150 valence electrons. The minimum Gasteiger partial charge on any atom is -0.497 e. The number of methoxy groups -OCH3 is 2. The summed E-state index contributed by atoms with van der Waals surface area (Å²) in [6.45, 7) is 0. The minimum atomic E-state index is -0.592. The average Bonchev–Trinajstić information content (AvgIpc) is 3.11. The van der Waals surface area contributed by atoms with Crippen LogP contribution in [0.25, 0.3) is 11.4 Å². The van der Waals surface area contributed by atoms with E-state index >= 15 is 0 Å². The first-order valence-corrected chi connectivity index (χ1v) is 9.60. The molecule has 3 aromatic rings. The highest BCUT2D eigenvalue weighted by molar-refractivity contribution is 8.15. The summed E-state index contributed by atoms with van der Waals surface area (Å²) < 4.78 is 11.8. The van der Waals surface area contributed by atoms with Crippen LogP contribution in [0.1, 0.15) is 0 Å². The number of hydrazone groups is 1. The molecule has 3 rings (SSSR count). The summed E-state index contributed by atoms with van der Waals surface area (Å²) in [5, 5.41) is 13.7. The second-order valence-electron chi connectivity index (χ2n) is 5.72. The summed E-state index contributed by atoms with van der Waals surface area (Å²) in [5.41, 5.74) is 4.35. The van der Waals surface area contributed by atoms with Crippen LogP contribution >= 0.6 is 23.4 Å². The fourth-order valence-electron chi connectivity index (χ4n) is 2.32. The first kappa shape index (κ1) is 20.7. The monoisotopic (exact) mass is 431 g/mol. The maximum atomic E-state index is 12.1. The van der Waals surface area contributed by atoms with Crippen molar-refractivity contribution in [3.8, 4) is 17.1 Å². The van der Waals surface area contributed by atoms with Gasteiger partial charge in [-0.2, -0.15) is 5.10 Å². The molecule has 0 aliphatic heterocycles. The lowest BCUT2D eigenvalue weighted by Crippen LogP contribution is -2.15. The largest absolute Gasteiger partial charge is 0.497 e. The molecule has 0 spiro atoms. The van der Waals surface area contributed by atoms with Gasteiger partial charge in [-0.25, -0.2) is 4.79 Å². The standard InChI is InChI=1S/C19H18ClN5O3S/c1-25-16(12-4-10-15(27-2)11-5-12)22-24-19(25)29-17(18(26)28-3)23-21-14-8-6-13(20)7-9-14/h4-11,21H,1-3H3/b23-17-. The van der Waals surface area contributed by atoms with Gasteiger partial charge in [-0.05, 0) is 60.3 Å². The van der Waals surface area contributed by atoms with E-state index in [-0.39, 0.29) is 5.04 Å². The predicted octanol–water partition coefficient (Wildman–Crippen LogP) is 3.83. The van der Waals surface area contributed by atoms with E-state index in [0.717, 1.165) is 23.1 Å². The number of thioether (sulfide) groups is 1. The van der Waals surface area contributed by atoms with E-state index in [4.69, 9.17) is 21.1 Å². The zero-order valence-corrected chi connectivity index (χ0v) is 17.5. The van der Waals surface area contributed by atoms with Gasteiger partial charge < -0.3 is 14.0 Å². The number of carbonyl (C=O) groups excluding carboxylic acids is 1. The first-order valence-electron chi connectivity index (χ1n) is 8.41. The fraction of sp³-hybridized carbons (Fsp3) is 0.158. The lowest BCUT2D eigenvalue weighted by Gasteiger charge is -2.07. The molecule has 0 bridgehead atoms. The molecule has 1 N–H and O–H groups in total. The van der Waals surface area contributed by atoms with E-state index in [9.17, 15) is 4.79 Å². The average molecular weight is 432 g/mol. The number of benzene rings is 2. The van der Waals surface area contributed by atoms with Crippen LogP contribution in [0.2, 0.25) is 5.02 Å². The van der Waals surface area contributed by atoms with E-state index in [1.54, 1.807) is 35.9 Å². The second kappa shape index (κ2) is 9.44. The Morgan fingerprint density at radius 1 is 1.10 bits per heavy atom. The van der Waals surface area contributed by atoms with Gasteiger partial charge in [-0.1, -0.05) is 11.6 Å². The normalized spacial score (nSPS) is 11.2. The Bertz CT molecular complexity index is 1020. The van der Waals surface area contributed by atoms with Gasteiger partial charge in [0.1, 0.15) is 5.75 Å². The van der Waals surface area contributed by atoms with Crippen LogP contribution in [0.3, 0.4) is 0 Å². The Hall–Kier alpha value is -3.04. The number of ether oxygens (including phenoxy) is 2. The van der Waals surface area contributed by atoms with Crippen molar-refractivity contribution in [1.29, 1.82) is 0 Å². The zero-order valence-electron chi connectivity index (χ0n) is 15.9. The third-order valence-corrected chi connectivity index (χ3v) is 5.10. The number of aromatic nitrogens is 3. The van der Waals surface area contributed by atoms with E-state index < -0.39 is 5.97 Å². The Kier molecular flexibility index (Phi) is 6.73. The zero-order chi connectivity index (χ0) is 20.8. The first-order chi connectivity index (χ1) is 14.0. The van der Waals surface area contributed by atoms with Gasteiger partial charge in [0.15, 0.2) is 11.0 Å². The summed E-state index contributed by atoms with van der Waals surface area (Å²) >= 11 is 6.92. The summed E-state index contributed by atoms with van der Waals surface area (Å²) in [7, 11) is 4.71. The molecule has 0 saturated heterocycles. The summed E-state index contributed by atoms with van der Waals surface area (Å²) in [5.74, 6) is 0.800. The molecule has 2 aromatic carbocycles. The number of nitrogens with zero attached hydrogens (tertiary/aromatic N) is 4. The number of anilines is 1. The van der Waals surface area contributed by atoms with Crippen molar-refractivity contribution in [3.63, 3.8) is 0 Å². The van der Waals surface area contributed by atoms with Crippen molar-refractivity contribution in [2.45, 2.75) is 5.16 Å². The minimum absolute atomic E-state index is 0.0826. The van der Waals surface area contributed by atoms with Crippen LogP contribution in [0, 0.1) is 0 Å². The topological polar surface area (TPSA) is 90.6 Å². The highest BCUT2D eigenvalue weighted by atomic mass is 35.5. The Morgan fingerprint density at radius 2 is 1.79 bits per heavy atom. The molecule has 0 atom stereocenters. The van der Waals surface area contributed by atoms with E-state index in [0.29, 0.717) is 21.7 Å². The maximum Gasteiger partial charge on any atom is 0.365 e. The fourth-order valence-corrected chi connectivity index (χ4v) is 3.18. The predicted molar refractivity (Wildman–Crippen MR) is 113 cm³/mol. The lowest BCUT2D eigenvalue weighted by atomic mass is 10.2. The maximum absolute atomic E-state index is 12.1. The molecular weight excluding hydrogens is 414 g/mol. The molecule has 1 heterocycles. The number of nitrogens with one attached hydrogen (secondary N) is 1. The van der Waals surface area contributed by atoms with Crippen LogP contribution in [0.15, 0.2) is 58.8 Å². The SMILES string of the molecule is COC(=O)/C(=N/Nc1ccc(Cl)cc1)Sc1nnc(-c2ccc(OC)cc2)n1C. The van der Waals surface area contributed by atoms with Crippen LogP contribution < -0.4 is 10.2 Å². The third-order valence-electron chi connectivity index (χ3n) is 3.86. The van der Waals surface area contributed by atoms with Gasteiger partial charge in [0.05, 0.1) is 19.9 Å². The molecule has 10 heteroatoms. The second-order valence-corrected chi connectivity index (χ2v) is 7.12. The number of carbonyl (C=O) groups is 1. The van der Waals surface area contributed by atoms with Gasteiger partial charge in [-0.3, -0.25) is 5.43 Å². The Balaban J connectivity index is 1.82. The van der Waals surface area contributed by atoms with Gasteiger partial charge in [0.25, 0.3) is 0 Å². The molecule has 1 aromatic heterocycles. The number of esters is 1. The molecule has 0 unspecified atom stereocenters. The van der Waals surface area contributed by atoms with Crippen LogP contribution in [-0.4, -0.2) is 40.0 Å². The van der Waals surface area contributed by atoms with Crippen LogP contribution in [0.4, 0.5) is 5.69 Å². The van der Waals surface area contributed by atoms with Gasteiger partial charge >= 0.3 is 5.97 Å². The van der Waals surface area contributed by atoms with Crippen molar-refractivity contribution in [1.82, 2.24) is 14.8 Å². The molecule has 8 nitrogen and oxygen atoms in total. The number of rotatable bonds is 5. The summed E-state index contributed by atoms with van der Waals surface area (Å²) in [6, 6.07) is 14.4. The smallest absolute Gasteiger partial charge is 0.365 e. The summed E-state index contributed by atoms with van der Waals surface area (Å²) in [6.07, 6.45) is 0. The van der Waals surface area contributed by atoms with E-state index in [2.05, 4.69) is 20.7 Å². The molecule has 0 radical (unpaired) electrons. The van der Waals surface area contributed by atoms with Gasteiger partial charge in [-0.15, -0.1) is 10.2 Å².